The lowest BCUT2D eigenvalue weighted by atomic mass is 9.80. The van der Waals surface area contributed by atoms with Crippen molar-refractivity contribution in [2.24, 2.45) is 4.99 Å². The van der Waals surface area contributed by atoms with Gasteiger partial charge in [-0.3, -0.25) is 4.99 Å². The van der Waals surface area contributed by atoms with E-state index in [0.717, 1.165) is 29.7 Å². The van der Waals surface area contributed by atoms with Crippen LogP contribution in [0.4, 0.5) is 0 Å². The highest BCUT2D eigenvalue weighted by Crippen LogP contribution is 2.41. The molecule has 340 valence electrons. The molecule has 0 aliphatic carbocycles. The Morgan fingerprint density at radius 1 is 0.612 bits per heavy atom. The number of aliphatic imine (C=N–C) groups is 1. The summed E-state index contributed by atoms with van der Waals surface area (Å²) in [6.45, 7) is 6.01. The Bertz CT molecular complexity index is 3030. The summed E-state index contributed by atoms with van der Waals surface area (Å²) >= 11 is 3.64. The van der Waals surface area contributed by atoms with E-state index in [2.05, 4.69) is 95.5 Å². The number of ether oxygens (including phenoxy) is 2. The minimum absolute atomic E-state index is 0.240. The van der Waals surface area contributed by atoms with Crippen molar-refractivity contribution < 1.29 is 37.5 Å². The molecule has 0 bridgehead atoms. The first-order valence-corrected chi connectivity index (χ1v) is 24.8. The summed E-state index contributed by atoms with van der Waals surface area (Å²) in [6, 6.07) is 50.6. The Labute approximate surface area is 401 Å². The third kappa shape index (κ3) is 12.2. The molecule has 0 fully saturated rings. The van der Waals surface area contributed by atoms with Gasteiger partial charge in [0.05, 0.1) is 30.2 Å². The molecule has 1 unspecified atom stereocenters. The molecule has 0 spiro atoms. The van der Waals surface area contributed by atoms with Crippen LogP contribution in [-0.4, -0.2) is 63.3 Å². The zero-order valence-corrected chi connectivity index (χ0v) is 40.3. The first kappa shape index (κ1) is 48.7. The summed E-state index contributed by atoms with van der Waals surface area (Å²) < 4.78 is 34.3. The predicted molar refractivity (Wildman–Crippen MR) is 268 cm³/mol. The molecule has 7 aromatic rings. The van der Waals surface area contributed by atoms with Crippen molar-refractivity contribution in [3.63, 3.8) is 0 Å². The second kappa shape index (κ2) is 22.1. The fraction of sp³-hybridized carbons (Fsp3) is 0.167. The number of carbonyl (C=O) groups is 2. The van der Waals surface area contributed by atoms with E-state index in [1.807, 2.05) is 68.1 Å². The highest BCUT2D eigenvalue weighted by Gasteiger charge is 2.20. The lowest BCUT2D eigenvalue weighted by Crippen LogP contribution is -2.29. The molecule has 2 aliphatic rings. The Hall–Kier alpha value is -6.22. The molecule has 2 N–H and O–H groups in total. The number of hydrogen-bond acceptors (Lipinski definition) is 11. The molecular formula is C54H50BNO8S3. The maximum atomic E-state index is 12.5. The normalized spacial score (nSPS) is 12.8. The molecule has 67 heavy (non-hydrogen) atoms. The van der Waals surface area contributed by atoms with Crippen LogP contribution in [0.5, 0.6) is 0 Å². The van der Waals surface area contributed by atoms with Crippen LogP contribution in [0, 0.1) is 6.92 Å². The van der Waals surface area contributed by atoms with Gasteiger partial charge in [-0.2, -0.15) is 0 Å². The average molecular weight is 948 g/mol. The molecule has 2 aliphatic heterocycles. The number of nitrogens with zero attached hydrogens (tertiary/aromatic N) is 1. The van der Waals surface area contributed by atoms with Crippen LogP contribution in [0.15, 0.2) is 187 Å². The maximum Gasteiger partial charge on any atom is 0.488 e. The van der Waals surface area contributed by atoms with Gasteiger partial charge in [-0.25, -0.2) is 18.0 Å². The minimum atomic E-state index is -3.43. The second-order valence-electron chi connectivity index (χ2n) is 16.1. The maximum absolute atomic E-state index is 12.5. The molecule has 1 atom stereocenters. The zero-order chi connectivity index (χ0) is 47.7. The third-order valence-electron chi connectivity index (χ3n) is 11.5. The van der Waals surface area contributed by atoms with E-state index in [0.29, 0.717) is 21.5 Å². The Balaban J connectivity index is 0.000000159. The van der Waals surface area contributed by atoms with Crippen molar-refractivity contribution in [1.29, 1.82) is 0 Å². The molecule has 9 nitrogen and oxygen atoms in total. The van der Waals surface area contributed by atoms with E-state index < -0.39 is 22.9 Å². The van der Waals surface area contributed by atoms with Crippen LogP contribution in [0.3, 0.4) is 0 Å². The van der Waals surface area contributed by atoms with Crippen molar-refractivity contribution in [2.75, 3.05) is 20.1 Å². The number of aryl methyl sites for hydroxylation is 1. The van der Waals surface area contributed by atoms with Crippen molar-refractivity contribution in [1.82, 2.24) is 0 Å². The van der Waals surface area contributed by atoms with Crippen molar-refractivity contribution in [2.45, 2.75) is 64.0 Å². The van der Waals surface area contributed by atoms with Crippen molar-refractivity contribution in [3.8, 4) is 0 Å². The first-order valence-electron chi connectivity index (χ1n) is 21.5. The largest absolute Gasteiger partial charge is 0.488 e. The molecule has 9 rings (SSSR count). The summed E-state index contributed by atoms with van der Waals surface area (Å²) in [4.78, 5) is 32.5. The van der Waals surface area contributed by atoms with Gasteiger partial charge in [0.15, 0.2) is 9.84 Å². The fourth-order valence-electron chi connectivity index (χ4n) is 7.52. The highest BCUT2D eigenvalue weighted by atomic mass is 32.2. The van der Waals surface area contributed by atoms with E-state index >= 15 is 0 Å². The monoisotopic (exact) mass is 947 g/mol. The van der Waals surface area contributed by atoms with E-state index in [9.17, 15) is 18.0 Å². The van der Waals surface area contributed by atoms with Gasteiger partial charge < -0.3 is 19.5 Å². The van der Waals surface area contributed by atoms with Gasteiger partial charge in [0.2, 0.25) is 0 Å². The standard InChI is InChI=1S/C23H21NO2S2.C23H20O2S.C8H9BO4/c1-16-7-10-21(11-8-16)28(25,26)15-24-17(2)18-9-12-23-20(13-18)14-19-5-3-4-6-22(19)27-23;1-15(16-7-9-17(10-8-16)23(24)25-2)18-11-12-22-20(13-18)14-19-5-3-4-6-21(19)26-22;1-13-8(10)6-2-4-7(5-3-6)9(11)12/h3-13H,14-15H2,1-2H3;3-13,15H,14H2,1-2H3;2-5,11-12H,1H3. The third-order valence-corrected chi connectivity index (χ3v) is 15.5. The van der Waals surface area contributed by atoms with Crippen molar-refractivity contribution >= 4 is 63.6 Å². The highest BCUT2D eigenvalue weighted by molar-refractivity contribution is 7.99. The summed E-state index contributed by atoms with van der Waals surface area (Å²) in [5.41, 5.74) is 11.9. The first-order chi connectivity index (χ1) is 32.2. The zero-order valence-electron chi connectivity index (χ0n) is 37.8. The molecule has 7 aromatic carbocycles. The Morgan fingerprint density at radius 3 is 1.61 bits per heavy atom. The van der Waals surface area contributed by atoms with Gasteiger partial charge >= 0.3 is 19.1 Å². The fourth-order valence-corrected chi connectivity index (χ4v) is 10.7. The average Bonchev–Trinajstić information content (AvgIpc) is 3.36. The van der Waals surface area contributed by atoms with Gasteiger partial charge in [-0.05, 0) is 138 Å². The number of esters is 2. The van der Waals surface area contributed by atoms with E-state index in [4.69, 9.17) is 14.8 Å². The summed E-state index contributed by atoms with van der Waals surface area (Å²) in [7, 11) is -2.24. The summed E-state index contributed by atoms with van der Waals surface area (Å²) in [5.74, 6) is -0.710. The number of methoxy groups -OCH3 is 2. The number of hydrogen-bond donors (Lipinski definition) is 2. The van der Waals surface area contributed by atoms with Gasteiger partial charge in [0, 0.05) is 31.2 Å². The number of benzene rings is 7. The molecule has 2 heterocycles. The van der Waals surface area contributed by atoms with Gasteiger partial charge in [-0.15, -0.1) is 0 Å². The van der Waals surface area contributed by atoms with Crippen LogP contribution in [0.25, 0.3) is 0 Å². The quantitative estimate of drug-likeness (QED) is 0.0817. The van der Waals surface area contributed by atoms with E-state index in [-0.39, 0.29) is 17.8 Å². The smallest absolute Gasteiger partial charge is 0.465 e. The lowest BCUT2D eigenvalue weighted by molar-refractivity contribution is 0.0592. The Morgan fingerprint density at radius 2 is 1.07 bits per heavy atom. The molecular weight excluding hydrogens is 898 g/mol. The molecule has 0 saturated carbocycles. The molecule has 0 amide bonds. The summed E-state index contributed by atoms with van der Waals surface area (Å²) in [5, 5.41) is 17.5. The number of carbonyl (C=O) groups excluding carboxylic acids is 2. The van der Waals surface area contributed by atoms with Crippen LogP contribution >= 0.6 is 23.5 Å². The van der Waals surface area contributed by atoms with E-state index in [1.165, 1.54) is 91.4 Å². The van der Waals surface area contributed by atoms with Crippen LogP contribution < -0.4 is 5.46 Å². The van der Waals surface area contributed by atoms with Gasteiger partial charge in [-0.1, -0.05) is 127 Å². The van der Waals surface area contributed by atoms with Gasteiger partial charge in [0.1, 0.15) is 5.88 Å². The number of rotatable bonds is 9. The number of fused-ring (bicyclic) bond motifs is 4. The summed E-state index contributed by atoms with van der Waals surface area (Å²) in [6.07, 6.45) is 1.88. The SMILES string of the molecule is CC(=NCS(=O)(=O)c1ccc(C)cc1)c1ccc2c(c1)Cc1ccccc1S2.COC(=O)c1ccc(B(O)O)cc1.COC(=O)c1ccc(C(C)c2ccc3c(c2)Cc2ccccc2S3)cc1. The molecule has 0 aromatic heterocycles. The lowest BCUT2D eigenvalue weighted by Gasteiger charge is -2.21. The topological polar surface area (TPSA) is 140 Å². The van der Waals surface area contributed by atoms with E-state index in [1.54, 1.807) is 23.9 Å². The Kier molecular flexibility index (Phi) is 16.0. The molecule has 0 radical (unpaired) electrons. The molecule has 0 saturated heterocycles. The number of sulfone groups is 1. The van der Waals surface area contributed by atoms with Crippen LogP contribution in [-0.2, 0) is 32.2 Å². The van der Waals surface area contributed by atoms with Gasteiger partial charge in [0.25, 0.3) is 0 Å². The molecule has 13 heteroatoms. The minimum Gasteiger partial charge on any atom is -0.465 e. The second-order valence-corrected chi connectivity index (χ2v) is 20.2. The van der Waals surface area contributed by atoms with Crippen LogP contribution in [0.1, 0.15) is 85.0 Å². The van der Waals surface area contributed by atoms with Crippen molar-refractivity contribution in [3.05, 3.63) is 213 Å². The van der Waals surface area contributed by atoms with Crippen LogP contribution in [0.2, 0.25) is 0 Å². The predicted octanol–water partition coefficient (Wildman–Crippen LogP) is 10.1.